The van der Waals surface area contributed by atoms with Gasteiger partial charge in [-0.15, -0.1) is 0 Å². The minimum atomic E-state index is -3.45. The molecular formula is C16H24N2O2S. The highest BCUT2D eigenvalue weighted by Gasteiger charge is 2.23. The first-order chi connectivity index (χ1) is 9.80. The van der Waals surface area contributed by atoms with Gasteiger partial charge in [-0.25, -0.2) is 8.42 Å². The van der Waals surface area contributed by atoms with Crippen molar-refractivity contribution in [2.24, 2.45) is 0 Å². The van der Waals surface area contributed by atoms with E-state index in [-0.39, 0.29) is 0 Å². The van der Waals surface area contributed by atoms with Gasteiger partial charge in [0.25, 0.3) is 0 Å². The molecule has 2 rings (SSSR count). The van der Waals surface area contributed by atoms with E-state index in [1.807, 2.05) is 19.9 Å². The second-order valence-electron chi connectivity index (χ2n) is 5.96. The smallest absolute Gasteiger partial charge is 0.243 e. The molecular weight excluding hydrogens is 284 g/mol. The van der Waals surface area contributed by atoms with Gasteiger partial charge in [-0.05, 0) is 49.9 Å². The molecule has 1 aliphatic carbocycles. The number of hydrogen-bond donors (Lipinski definition) is 1. The minimum Gasteiger partial charge on any atom is -0.310 e. The summed E-state index contributed by atoms with van der Waals surface area (Å²) in [4.78, 5) is 0.351. The van der Waals surface area contributed by atoms with Gasteiger partial charge in [-0.1, -0.05) is 18.2 Å². The number of rotatable bonds is 7. The van der Waals surface area contributed by atoms with Gasteiger partial charge in [0, 0.05) is 26.2 Å². The van der Waals surface area contributed by atoms with E-state index < -0.39 is 10.0 Å². The monoisotopic (exact) mass is 308 g/mol. The summed E-state index contributed by atoms with van der Waals surface area (Å²) in [6.45, 7) is 8.68. The molecule has 1 N–H and O–H groups in total. The Hall–Kier alpha value is -1.17. The molecule has 0 atom stereocenters. The summed E-state index contributed by atoms with van der Waals surface area (Å²) in [5.41, 5.74) is 2.99. The molecule has 0 heterocycles. The maximum atomic E-state index is 12.5. The molecule has 1 saturated carbocycles. The van der Waals surface area contributed by atoms with Gasteiger partial charge in [0.15, 0.2) is 0 Å². The molecule has 5 heteroatoms. The zero-order valence-electron chi connectivity index (χ0n) is 13.0. The molecule has 0 aromatic heterocycles. The molecule has 0 saturated heterocycles. The third-order valence-electron chi connectivity index (χ3n) is 3.68. The van der Waals surface area contributed by atoms with Crippen LogP contribution in [0.15, 0.2) is 35.2 Å². The standard InChI is InChI=1S/C16H24N2O2S/c1-12(2)11-18(4)21(19,20)16-8-5-13(3)14(9-16)10-17-15-6-7-15/h5,8-9,15,17H,1,6-7,10-11H2,2-4H3. The van der Waals surface area contributed by atoms with Crippen LogP contribution in [-0.2, 0) is 16.6 Å². The number of hydrogen-bond acceptors (Lipinski definition) is 3. The van der Waals surface area contributed by atoms with Crippen LogP contribution < -0.4 is 5.32 Å². The Kier molecular flexibility index (Phi) is 4.86. The molecule has 0 amide bonds. The highest BCUT2D eigenvalue weighted by atomic mass is 32.2. The fourth-order valence-electron chi connectivity index (χ4n) is 2.19. The van der Waals surface area contributed by atoms with E-state index in [9.17, 15) is 8.42 Å². The van der Waals surface area contributed by atoms with E-state index in [0.717, 1.165) is 23.2 Å². The van der Waals surface area contributed by atoms with Gasteiger partial charge in [0.2, 0.25) is 10.0 Å². The number of nitrogens with zero attached hydrogens (tertiary/aromatic N) is 1. The summed E-state index contributed by atoms with van der Waals surface area (Å²) in [7, 11) is -1.86. The molecule has 0 aliphatic heterocycles. The quantitative estimate of drug-likeness (QED) is 0.787. The van der Waals surface area contributed by atoms with Gasteiger partial charge < -0.3 is 5.32 Å². The van der Waals surface area contributed by atoms with Crippen LogP contribution in [0.2, 0.25) is 0 Å². The first kappa shape index (κ1) is 16.2. The van der Waals surface area contributed by atoms with E-state index in [1.165, 1.54) is 17.1 Å². The van der Waals surface area contributed by atoms with Gasteiger partial charge in [-0.3, -0.25) is 0 Å². The largest absolute Gasteiger partial charge is 0.310 e. The van der Waals surface area contributed by atoms with Crippen LogP contribution >= 0.6 is 0 Å². The maximum Gasteiger partial charge on any atom is 0.243 e. The molecule has 0 bridgehead atoms. The summed E-state index contributed by atoms with van der Waals surface area (Å²) in [5, 5.41) is 3.43. The van der Waals surface area contributed by atoms with Crippen molar-refractivity contribution in [3.8, 4) is 0 Å². The third kappa shape index (κ3) is 4.15. The van der Waals surface area contributed by atoms with Crippen molar-refractivity contribution in [3.63, 3.8) is 0 Å². The van der Waals surface area contributed by atoms with Crippen molar-refractivity contribution < 1.29 is 8.42 Å². The Labute approximate surface area is 127 Å². The van der Waals surface area contributed by atoms with Crippen LogP contribution in [0.4, 0.5) is 0 Å². The lowest BCUT2D eigenvalue weighted by Gasteiger charge is -2.18. The third-order valence-corrected chi connectivity index (χ3v) is 5.48. The molecule has 116 valence electrons. The van der Waals surface area contributed by atoms with E-state index in [1.54, 1.807) is 19.2 Å². The molecule has 1 aromatic carbocycles. The Morgan fingerprint density at radius 1 is 1.43 bits per heavy atom. The summed E-state index contributed by atoms with van der Waals surface area (Å²) >= 11 is 0. The van der Waals surface area contributed by atoms with Gasteiger partial charge >= 0.3 is 0 Å². The van der Waals surface area contributed by atoms with Crippen molar-refractivity contribution in [3.05, 3.63) is 41.5 Å². The van der Waals surface area contributed by atoms with E-state index >= 15 is 0 Å². The zero-order valence-corrected chi connectivity index (χ0v) is 13.8. The molecule has 0 spiro atoms. The number of aryl methyl sites for hydroxylation is 1. The summed E-state index contributed by atoms with van der Waals surface area (Å²) in [5.74, 6) is 0. The summed E-state index contributed by atoms with van der Waals surface area (Å²) in [6.07, 6.45) is 2.44. The van der Waals surface area contributed by atoms with Crippen LogP contribution in [0.3, 0.4) is 0 Å². The SMILES string of the molecule is C=C(C)CN(C)S(=O)(=O)c1ccc(C)c(CNC2CC2)c1. The fourth-order valence-corrected chi connectivity index (χ4v) is 3.47. The topological polar surface area (TPSA) is 49.4 Å². The summed E-state index contributed by atoms with van der Waals surface area (Å²) in [6, 6.07) is 5.95. The highest BCUT2D eigenvalue weighted by molar-refractivity contribution is 7.89. The predicted octanol–water partition coefficient (Wildman–Crippen LogP) is 2.44. The average Bonchev–Trinajstić information content (AvgIpc) is 3.20. The molecule has 0 radical (unpaired) electrons. The lowest BCUT2D eigenvalue weighted by atomic mass is 10.1. The predicted molar refractivity (Wildman–Crippen MR) is 85.7 cm³/mol. The van der Waals surface area contributed by atoms with Crippen LogP contribution in [0.1, 0.15) is 30.9 Å². The zero-order chi connectivity index (χ0) is 15.6. The van der Waals surface area contributed by atoms with E-state index in [4.69, 9.17) is 0 Å². The van der Waals surface area contributed by atoms with Crippen molar-refractivity contribution in [1.29, 1.82) is 0 Å². The lowest BCUT2D eigenvalue weighted by molar-refractivity contribution is 0.493. The Morgan fingerprint density at radius 2 is 2.10 bits per heavy atom. The molecule has 1 aromatic rings. The van der Waals surface area contributed by atoms with Crippen molar-refractivity contribution in [2.45, 2.75) is 44.2 Å². The van der Waals surface area contributed by atoms with Crippen molar-refractivity contribution in [2.75, 3.05) is 13.6 Å². The summed E-state index contributed by atoms with van der Waals surface area (Å²) < 4.78 is 26.4. The van der Waals surface area contributed by atoms with Gasteiger partial charge in [-0.2, -0.15) is 4.31 Å². The first-order valence-electron chi connectivity index (χ1n) is 7.24. The van der Waals surface area contributed by atoms with Crippen LogP contribution in [-0.4, -0.2) is 32.4 Å². The van der Waals surface area contributed by atoms with Crippen LogP contribution in [0.5, 0.6) is 0 Å². The van der Waals surface area contributed by atoms with Crippen molar-refractivity contribution in [1.82, 2.24) is 9.62 Å². The Balaban J connectivity index is 2.21. The van der Waals surface area contributed by atoms with Gasteiger partial charge in [0.05, 0.1) is 4.90 Å². The second kappa shape index (κ2) is 6.30. The number of sulfonamides is 1. The van der Waals surface area contributed by atoms with Gasteiger partial charge in [0.1, 0.15) is 0 Å². The molecule has 4 nitrogen and oxygen atoms in total. The molecule has 0 unspecified atom stereocenters. The Bertz CT molecular complexity index is 634. The minimum absolute atomic E-state index is 0.339. The van der Waals surface area contributed by atoms with Crippen LogP contribution in [0.25, 0.3) is 0 Å². The van der Waals surface area contributed by atoms with Crippen molar-refractivity contribution >= 4 is 10.0 Å². The second-order valence-corrected chi connectivity index (χ2v) is 8.01. The first-order valence-corrected chi connectivity index (χ1v) is 8.68. The maximum absolute atomic E-state index is 12.5. The van der Waals surface area contributed by atoms with E-state index in [2.05, 4.69) is 11.9 Å². The number of benzene rings is 1. The molecule has 1 fully saturated rings. The molecule has 1 aliphatic rings. The fraction of sp³-hybridized carbons (Fsp3) is 0.500. The van der Waals surface area contributed by atoms with Crippen LogP contribution in [0, 0.1) is 6.92 Å². The molecule has 21 heavy (non-hydrogen) atoms. The Morgan fingerprint density at radius 3 is 2.67 bits per heavy atom. The number of likely N-dealkylation sites (N-methyl/N-ethyl adjacent to an activating group) is 1. The normalized spacial score (nSPS) is 15.4. The average molecular weight is 308 g/mol. The highest BCUT2D eigenvalue weighted by Crippen LogP contribution is 2.22. The number of nitrogens with one attached hydrogen (secondary N) is 1. The lowest BCUT2D eigenvalue weighted by Crippen LogP contribution is -2.28. The van der Waals surface area contributed by atoms with E-state index in [0.29, 0.717) is 17.5 Å².